The summed E-state index contributed by atoms with van der Waals surface area (Å²) in [5.74, 6) is 0.938. The number of nitrogens with one attached hydrogen (secondary N) is 1. The van der Waals surface area contributed by atoms with Crippen LogP contribution >= 0.6 is 23.2 Å². The standard InChI is InChI=1S/C40H42Cl2N6O4/c1-26-30(9-5-10-32(26)33-11-6-12-35(38(33)42)49-22-27-8-7-13-48(4)21-27)24-51-37-16-36(50-23-29-14-28(17-43)18-44-19-29)31(15-34(37)41)20-46-40(2,3)39-45-25-52-47-39/h5-6,9-12,14-16,18-19,25,27,46H,7-8,13,20-24H2,1-4H3/i2D3,3D3. The van der Waals surface area contributed by atoms with Crippen LogP contribution in [0.4, 0.5) is 0 Å². The van der Waals surface area contributed by atoms with E-state index in [0.717, 1.165) is 54.6 Å². The van der Waals surface area contributed by atoms with Crippen LogP contribution in [0.25, 0.3) is 11.1 Å². The molecule has 0 radical (unpaired) electrons. The lowest BCUT2D eigenvalue weighted by Crippen LogP contribution is -2.37. The molecule has 12 heteroatoms. The van der Waals surface area contributed by atoms with E-state index in [1.165, 1.54) is 18.5 Å². The Labute approximate surface area is 323 Å². The summed E-state index contributed by atoms with van der Waals surface area (Å²) in [7, 11) is 2.13. The molecule has 1 atom stereocenters. The van der Waals surface area contributed by atoms with Crippen LogP contribution < -0.4 is 19.5 Å². The van der Waals surface area contributed by atoms with Crippen LogP contribution in [-0.4, -0.2) is 46.8 Å². The highest BCUT2D eigenvalue weighted by atomic mass is 35.5. The lowest BCUT2D eigenvalue weighted by atomic mass is 9.96. The second-order valence-corrected chi connectivity index (χ2v) is 13.6. The van der Waals surface area contributed by atoms with Gasteiger partial charge in [-0.1, -0.05) is 58.7 Å². The third kappa shape index (κ3) is 9.03. The molecular formula is C40H42Cl2N6O4. The lowest BCUT2D eigenvalue weighted by Gasteiger charge is -2.29. The third-order valence-corrected chi connectivity index (χ3v) is 9.64. The molecule has 1 fully saturated rings. The van der Waals surface area contributed by atoms with Crippen molar-refractivity contribution in [1.82, 2.24) is 25.3 Å². The number of halogens is 2. The number of ether oxygens (including phenoxy) is 3. The number of nitriles is 1. The summed E-state index contributed by atoms with van der Waals surface area (Å²) in [6.45, 7) is -1.96. The Hall–Kier alpha value is -4.66. The Balaban J connectivity index is 1.27. The highest BCUT2D eigenvalue weighted by Crippen LogP contribution is 2.39. The maximum absolute atomic E-state index is 9.38. The summed E-state index contributed by atoms with van der Waals surface area (Å²) in [5, 5.41) is 16.4. The fourth-order valence-corrected chi connectivity index (χ4v) is 6.65. The molecule has 0 saturated carbocycles. The van der Waals surface area contributed by atoms with E-state index in [1.54, 1.807) is 12.1 Å². The number of likely N-dealkylation sites (tertiary alicyclic amines) is 1. The van der Waals surface area contributed by atoms with Gasteiger partial charge in [0.1, 0.15) is 36.5 Å². The van der Waals surface area contributed by atoms with E-state index in [1.807, 2.05) is 49.4 Å². The molecule has 0 bridgehead atoms. The third-order valence-electron chi connectivity index (χ3n) is 8.95. The Bertz CT molecular complexity index is 2240. The van der Waals surface area contributed by atoms with Crippen molar-refractivity contribution in [3.63, 3.8) is 0 Å². The summed E-state index contributed by atoms with van der Waals surface area (Å²) in [4.78, 5) is 10.2. The van der Waals surface area contributed by atoms with Crippen LogP contribution in [-0.2, 0) is 25.3 Å². The second-order valence-electron chi connectivity index (χ2n) is 12.8. The predicted octanol–water partition coefficient (Wildman–Crippen LogP) is 8.52. The molecule has 0 aliphatic carbocycles. The fourth-order valence-electron chi connectivity index (χ4n) is 6.12. The molecule has 0 spiro atoms. The van der Waals surface area contributed by atoms with Gasteiger partial charge in [-0.25, -0.2) is 0 Å². The summed E-state index contributed by atoms with van der Waals surface area (Å²) >= 11 is 13.8. The number of benzene rings is 3. The first-order valence-electron chi connectivity index (χ1n) is 19.7. The minimum Gasteiger partial charge on any atom is -0.492 e. The molecule has 1 unspecified atom stereocenters. The van der Waals surface area contributed by atoms with Crippen molar-refractivity contribution in [2.45, 2.75) is 58.8 Å². The SMILES string of the molecule is [2H]C([2H])([2H])C(NCc1cc(Cl)c(OCc2cccc(-c3cccc(OCC4CCCN(C)C4)c3Cl)c2C)cc1OCc1cncc(C#N)c1)(c1ncon1)C([2H])([2H])[2H]. The molecule has 1 aliphatic heterocycles. The van der Waals surface area contributed by atoms with E-state index in [4.69, 9.17) is 50.2 Å². The zero-order valence-corrected chi connectivity index (χ0v) is 30.3. The summed E-state index contributed by atoms with van der Waals surface area (Å²) in [6, 6.07) is 18.3. The molecule has 6 rings (SSSR count). The predicted molar refractivity (Wildman–Crippen MR) is 201 cm³/mol. The maximum Gasteiger partial charge on any atom is 0.213 e. The molecule has 1 saturated heterocycles. The zero-order chi connectivity index (χ0) is 41.7. The van der Waals surface area contributed by atoms with Gasteiger partial charge in [0, 0.05) is 62.4 Å². The number of piperidine rings is 1. The quantitative estimate of drug-likeness (QED) is 0.118. The van der Waals surface area contributed by atoms with Gasteiger partial charge in [-0.2, -0.15) is 10.2 Å². The van der Waals surface area contributed by atoms with Gasteiger partial charge in [-0.3, -0.25) is 4.98 Å². The van der Waals surface area contributed by atoms with Crippen LogP contribution in [0.3, 0.4) is 0 Å². The first-order valence-corrected chi connectivity index (χ1v) is 17.5. The molecule has 1 N–H and O–H groups in total. The summed E-state index contributed by atoms with van der Waals surface area (Å²) in [5.41, 5.74) is 2.00. The number of aromatic nitrogens is 3. The summed E-state index contributed by atoms with van der Waals surface area (Å²) in [6.07, 6.45) is 6.08. The fraction of sp³-hybridized carbons (Fsp3) is 0.350. The summed E-state index contributed by atoms with van der Waals surface area (Å²) < 4.78 is 73.1. The molecule has 3 heterocycles. The van der Waals surface area contributed by atoms with Crippen molar-refractivity contribution in [3.05, 3.63) is 117 Å². The van der Waals surface area contributed by atoms with Crippen molar-refractivity contribution in [3.8, 4) is 34.4 Å². The average molecular weight is 748 g/mol. The Morgan fingerprint density at radius 2 is 1.85 bits per heavy atom. The lowest BCUT2D eigenvalue weighted by molar-refractivity contribution is 0.150. The Morgan fingerprint density at radius 3 is 2.63 bits per heavy atom. The van der Waals surface area contributed by atoms with Crippen molar-refractivity contribution < 1.29 is 27.0 Å². The van der Waals surface area contributed by atoms with E-state index >= 15 is 0 Å². The zero-order valence-electron chi connectivity index (χ0n) is 34.8. The molecule has 2 aromatic heterocycles. The number of pyridine rings is 1. The van der Waals surface area contributed by atoms with Crippen LogP contribution in [0.15, 0.2) is 77.9 Å². The minimum absolute atomic E-state index is 0.0481. The number of nitrogens with zero attached hydrogens (tertiary/aromatic N) is 5. The van der Waals surface area contributed by atoms with Gasteiger partial charge in [-0.05, 0) is 82.0 Å². The normalized spacial score (nSPS) is 17.1. The number of hydrogen-bond donors (Lipinski definition) is 1. The van der Waals surface area contributed by atoms with Gasteiger partial charge >= 0.3 is 0 Å². The first kappa shape index (κ1) is 29.9. The highest BCUT2D eigenvalue weighted by Gasteiger charge is 2.26. The van der Waals surface area contributed by atoms with Gasteiger partial charge in [-0.15, -0.1) is 0 Å². The van der Waals surface area contributed by atoms with Gasteiger partial charge in [0.05, 0.1) is 27.8 Å². The maximum atomic E-state index is 9.38. The van der Waals surface area contributed by atoms with Gasteiger partial charge in [0.15, 0.2) is 5.82 Å². The Kier molecular flexibility index (Phi) is 9.64. The second kappa shape index (κ2) is 16.8. The van der Waals surface area contributed by atoms with Crippen LogP contribution in [0, 0.1) is 24.2 Å². The van der Waals surface area contributed by atoms with Crippen molar-refractivity contribution >= 4 is 23.2 Å². The van der Waals surface area contributed by atoms with E-state index in [2.05, 4.69) is 32.4 Å². The molecule has 3 aromatic carbocycles. The van der Waals surface area contributed by atoms with Gasteiger partial charge in [0.2, 0.25) is 6.39 Å². The van der Waals surface area contributed by atoms with E-state index < -0.39 is 25.1 Å². The minimum atomic E-state index is -3.16. The molecular weight excluding hydrogens is 699 g/mol. The molecule has 0 amide bonds. The molecule has 1 aliphatic rings. The van der Waals surface area contributed by atoms with Gasteiger partial charge in [0.25, 0.3) is 0 Å². The smallest absolute Gasteiger partial charge is 0.213 e. The molecule has 270 valence electrons. The van der Waals surface area contributed by atoms with Crippen molar-refractivity contribution in [1.29, 1.82) is 5.26 Å². The molecule has 10 nitrogen and oxygen atoms in total. The molecule has 52 heavy (non-hydrogen) atoms. The highest BCUT2D eigenvalue weighted by molar-refractivity contribution is 6.35. The monoisotopic (exact) mass is 746 g/mol. The topological polar surface area (TPSA) is 119 Å². The first-order chi connectivity index (χ1) is 27.6. The van der Waals surface area contributed by atoms with Crippen molar-refractivity contribution in [2.75, 3.05) is 26.7 Å². The van der Waals surface area contributed by atoms with E-state index in [0.29, 0.717) is 40.0 Å². The van der Waals surface area contributed by atoms with E-state index in [9.17, 15) is 5.26 Å². The van der Waals surface area contributed by atoms with E-state index in [-0.39, 0.29) is 36.3 Å². The van der Waals surface area contributed by atoms with Crippen LogP contribution in [0.5, 0.6) is 17.2 Å². The van der Waals surface area contributed by atoms with Gasteiger partial charge < -0.3 is 29.0 Å². The average Bonchev–Trinajstić information content (AvgIpc) is 3.72. The number of rotatable bonds is 14. The van der Waals surface area contributed by atoms with Crippen LogP contribution in [0.1, 0.15) is 68.4 Å². The van der Waals surface area contributed by atoms with Crippen LogP contribution in [0.2, 0.25) is 10.0 Å². The largest absolute Gasteiger partial charge is 0.492 e. The van der Waals surface area contributed by atoms with Crippen molar-refractivity contribution in [2.24, 2.45) is 5.92 Å². The molecule has 5 aromatic rings. The Morgan fingerprint density at radius 1 is 1.02 bits per heavy atom. The number of hydrogen-bond acceptors (Lipinski definition) is 10.